The van der Waals surface area contributed by atoms with Crippen LogP contribution in [0.25, 0.3) is 0 Å². The summed E-state index contributed by atoms with van der Waals surface area (Å²) in [6.45, 7) is 3.67. The highest BCUT2D eigenvalue weighted by Crippen LogP contribution is 2.26. The summed E-state index contributed by atoms with van der Waals surface area (Å²) in [5.74, 6) is 0.501. The van der Waals surface area contributed by atoms with Crippen molar-refractivity contribution in [3.8, 4) is 6.07 Å². The summed E-state index contributed by atoms with van der Waals surface area (Å²) in [5.41, 5.74) is 1.29. The van der Waals surface area contributed by atoms with Gasteiger partial charge in [-0.15, -0.1) is 0 Å². The third-order valence-corrected chi connectivity index (χ3v) is 3.34. The van der Waals surface area contributed by atoms with Crippen molar-refractivity contribution >= 4 is 0 Å². The molecule has 0 N–H and O–H groups in total. The number of unbranched alkanes of at least 4 members (excludes halogenated alkanes) is 2. The van der Waals surface area contributed by atoms with E-state index in [1.54, 1.807) is 18.3 Å². The van der Waals surface area contributed by atoms with E-state index in [2.05, 4.69) is 11.9 Å². The van der Waals surface area contributed by atoms with Crippen molar-refractivity contribution in [2.45, 2.75) is 38.9 Å². The quantitative estimate of drug-likeness (QED) is 0.763. The van der Waals surface area contributed by atoms with Gasteiger partial charge in [0.25, 0.3) is 0 Å². The fourth-order valence-electron chi connectivity index (χ4n) is 2.17. The Labute approximate surface area is 114 Å². The molecule has 0 amide bonds. The second-order valence-electron chi connectivity index (χ2n) is 4.94. The minimum atomic E-state index is -0.379. The predicted molar refractivity (Wildman–Crippen MR) is 71.2 cm³/mol. The number of aromatic nitrogens is 1. The van der Waals surface area contributed by atoms with Gasteiger partial charge in [-0.2, -0.15) is 5.26 Å². The van der Waals surface area contributed by atoms with Crippen molar-refractivity contribution in [3.63, 3.8) is 0 Å². The molecule has 1 aromatic heterocycles. The summed E-state index contributed by atoms with van der Waals surface area (Å²) in [4.78, 5) is 4.20. The van der Waals surface area contributed by atoms with Crippen LogP contribution in [0.5, 0.6) is 0 Å². The zero-order valence-electron chi connectivity index (χ0n) is 11.3. The Morgan fingerprint density at radius 3 is 2.68 bits per heavy atom. The monoisotopic (exact) mass is 260 g/mol. The standard InChI is InChI=1S/C15H20N2O2/c1-2-3-4-5-13-10-18-15(19-11-13)14-7-6-12(8-16)9-17-14/h6-7,9,13,15H,2-5,10-11H2,1H3. The number of ether oxygens (including phenoxy) is 2. The van der Waals surface area contributed by atoms with Crippen molar-refractivity contribution in [1.82, 2.24) is 4.98 Å². The average Bonchev–Trinajstić information content (AvgIpc) is 2.48. The highest BCUT2D eigenvalue weighted by Gasteiger charge is 2.24. The van der Waals surface area contributed by atoms with Crippen LogP contribution in [0, 0.1) is 17.2 Å². The first-order chi connectivity index (χ1) is 9.33. The molecule has 0 bridgehead atoms. The molecule has 0 unspecified atom stereocenters. The summed E-state index contributed by atoms with van der Waals surface area (Å²) in [5, 5.41) is 8.72. The topological polar surface area (TPSA) is 55.1 Å². The predicted octanol–water partition coefficient (Wildman–Crippen LogP) is 3.20. The molecule has 0 saturated carbocycles. The van der Waals surface area contributed by atoms with E-state index in [0.29, 0.717) is 11.5 Å². The van der Waals surface area contributed by atoms with Crippen LogP contribution in [0.2, 0.25) is 0 Å². The summed E-state index contributed by atoms with van der Waals surface area (Å²) >= 11 is 0. The van der Waals surface area contributed by atoms with E-state index in [9.17, 15) is 0 Å². The second-order valence-corrected chi connectivity index (χ2v) is 4.94. The highest BCUT2D eigenvalue weighted by molar-refractivity contribution is 5.26. The molecular weight excluding hydrogens is 240 g/mol. The molecule has 2 heterocycles. The first-order valence-corrected chi connectivity index (χ1v) is 6.92. The van der Waals surface area contributed by atoms with Gasteiger partial charge in [-0.3, -0.25) is 4.98 Å². The molecule has 1 saturated heterocycles. The van der Waals surface area contributed by atoms with Crippen LogP contribution >= 0.6 is 0 Å². The van der Waals surface area contributed by atoms with E-state index in [4.69, 9.17) is 14.7 Å². The summed E-state index contributed by atoms with van der Waals surface area (Å²) in [6.07, 6.45) is 6.10. The van der Waals surface area contributed by atoms with E-state index < -0.39 is 0 Å². The number of pyridine rings is 1. The van der Waals surface area contributed by atoms with E-state index in [1.807, 2.05) is 6.07 Å². The SMILES string of the molecule is CCCCCC1COC(c2ccc(C#N)cn2)OC1. The largest absolute Gasteiger partial charge is 0.347 e. The van der Waals surface area contributed by atoms with Gasteiger partial charge in [0.05, 0.1) is 24.5 Å². The molecule has 0 aromatic carbocycles. The lowest BCUT2D eigenvalue weighted by molar-refractivity contribution is -0.208. The first-order valence-electron chi connectivity index (χ1n) is 6.92. The van der Waals surface area contributed by atoms with Gasteiger partial charge < -0.3 is 9.47 Å². The van der Waals surface area contributed by atoms with Gasteiger partial charge in [0.2, 0.25) is 6.29 Å². The first kappa shape index (κ1) is 14.0. The molecule has 4 heteroatoms. The Bertz CT molecular complexity index is 417. The van der Waals surface area contributed by atoms with Gasteiger partial charge in [0, 0.05) is 12.1 Å². The fourth-order valence-corrected chi connectivity index (χ4v) is 2.17. The minimum Gasteiger partial charge on any atom is -0.347 e. The third-order valence-electron chi connectivity index (χ3n) is 3.34. The molecule has 1 aliphatic heterocycles. The van der Waals surface area contributed by atoms with Crippen LogP contribution in [0.1, 0.15) is 50.2 Å². The van der Waals surface area contributed by atoms with Crippen molar-refractivity contribution < 1.29 is 9.47 Å². The molecule has 1 fully saturated rings. The number of rotatable bonds is 5. The number of hydrogen-bond acceptors (Lipinski definition) is 4. The smallest absolute Gasteiger partial charge is 0.201 e. The van der Waals surface area contributed by atoms with Crippen LogP contribution in [0.3, 0.4) is 0 Å². The zero-order valence-corrected chi connectivity index (χ0v) is 11.3. The summed E-state index contributed by atoms with van der Waals surface area (Å²) < 4.78 is 11.4. The molecule has 1 aromatic rings. The van der Waals surface area contributed by atoms with Gasteiger partial charge in [-0.1, -0.05) is 26.2 Å². The van der Waals surface area contributed by atoms with Crippen LogP contribution in [-0.4, -0.2) is 18.2 Å². The number of nitrogens with zero attached hydrogens (tertiary/aromatic N) is 2. The van der Waals surface area contributed by atoms with Crippen molar-refractivity contribution in [1.29, 1.82) is 5.26 Å². The van der Waals surface area contributed by atoms with Gasteiger partial charge in [-0.25, -0.2) is 0 Å². The second kappa shape index (κ2) is 7.22. The number of nitriles is 1. The van der Waals surface area contributed by atoms with E-state index >= 15 is 0 Å². The van der Waals surface area contributed by atoms with Crippen LogP contribution in [0.15, 0.2) is 18.3 Å². The molecule has 0 atom stereocenters. The molecule has 4 nitrogen and oxygen atoms in total. The lowest BCUT2D eigenvalue weighted by atomic mass is 10.0. The minimum absolute atomic E-state index is 0.379. The summed E-state index contributed by atoms with van der Waals surface area (Å²) in [7, 11) is 0. The molecule has 0 radical (unpaired) electrons. The molecule has 2 rings (SSSR count). The van der Waals surface area contributed by atoms with Gasteiger partial charge in [0.1, 0.15) is 6.07 Å². The molecule has 1 aliphatic rings. The Balaban J connectivity index is 1.80. The Hall–Kier alpha value is -1.44. The van der Waals surface area contributed by atoms with Gasteiger partial charge in [0.15, 0.2) is 0 Å². The average molecular weight is 260 g/mol. The fraction of sp³-hybridized carbons (Fsp3) is 0.600. The normalized spacial score (nSPS) is 22.9. The Kier molecular flexibility index (Phi) is 5.31. The van der Waals surface area contributed by atoms with Crippen LogP contribution in [0.4, 0.5) is 0 Å². The summed E-state index contributed by atoms with van der Waals surface area (Å²) in [6, 6.07) is 5.58. The Morgan fingerprint density at radius 2 is 2.11 bits per heavy atom. The highest BCUT2D eigenvalue weighted by atomic mass is 16.7. The van der Waals surface area contributed by atoms with Crippen LogP contribution < -0.4 is 0 Å². The molecule has 102 valence electrons. The Morgan fingerprint density at radius 1 is 1.32 bits per heavy atom. The maximum Gasteiger partial charge on any atom is 0.201 e. The third kappa shape index (κ3) is 4.02. The lowest BCUT2D eigenvalue weighted by Gasteiger charge is -2.29. The van der Waals surface area contributed by atoms with Crippen molar-refractivity contribution in [2.24, 2.45) is 5.92 Å². The van der Waals surface area contributed by atoms with Crippen molar-refractivity contribution in [3.05, 3.63) is 29.6 Å². The molecule has 0 spiro atoms. The molecule has 0 aliphatic carbocycles. The molecular formula is C15H20N2O2. The van der Waals surface area contributed by atoms with Gasteiger partial charge in [-0.05, 0) is 18.6 Å². The van der Waals surface area contributed by atoms with E-state index in [0.717, 1.165) is 18.9 Å². The maximum absolute atomic E-state index is 8.72. The van der Waals surface area contributed by atoms with E-state index in [-0.39, 0.29) is 6.29 Å². The van der Waals surface area contributed by atoms with Crippen LogP contribution in [-0.2, 0) is 9.47 Å². The number of hydrogen-bond donors (Lipinski definition) is 0. The zero-order chi connectivity index (χ0) is 13.5. The van der Waals surface area contributed by atoms with Gasteiger partial charge >= 0.3 is 0 Å². The molecule has 19 heavy (non-hydrogen) atoms. The maximum atomic E-state index is 8.72. The lowest BCUT2D eigenvalue weighted by Crippen LogP contribution is -2.27. The van der Waals surface area contributed by atoms with Crippen molar-refractivity contribution in [2.75, 3.05) is 13.2 Å². The van der Waals surface area contributed by atoms with E-state index in [1.165, 1.54) is 25.7 Å².